The molecule has 0 saturated carbocycles. The third-order valence-corrected chi connectivity index (χ3v) is 4.05. The van der Waals surface area contributed by atoms with Crippen LogP contribution in [0.5, 0.6) is 0 Å². The molecule has 1 heterocycles. The largest absolute Gasteiger partial charge is 0.363 e. The third-order valence-electron chi connectivity index (χ3n) is 4.05. The fourth-order valence-electron chi connectivity index (χ4n) is 2.61. The van der Waals surface area contributed by atoms with Gasteiger partial charge in [0.2, 0.25) is 11.7 Å². The molecule has 1 aromatic heterocycles. The van der Waals surface area contributed by atoms with Crippen LogP contribution in [0, 0.1) is 17.8 Å². The second-order valence-electron chi connectivity index (χ2n) is 5.46. The first-order valence-electron chi connectivity index (χ1n) is 7.96. The van der Waals surface area contributed by atoms with E-state index in [2.05, 4.69) is 16.9 Å². The minimum atomic E-state index is -1.28. The van der Waals surface area contributed by atoms with E-state index in [0.717, 1.165) is 5.56 Å². The monoisotopic (exact) mass is 346 g/mol. The zero-order chi connectivity index (χ0) is 18.3. The van der Waals surface area contributed by atoms with Crippen LogP contribution in [0.25, 0.3) is 0 Å². The third kappa shape index (κ3) is 4.26. The van der Waals surface area contributed by atoms with E-state index < -0.39 is 11.7 Å². The van der Waals surface area contributed by atoms with Gasteiger partial charge in [-0.15, -0.1) is 11.0 Å². The van der Waals surface area contributed by atoms with Gasteiger partial charge in [0.15, 0.2) is 0 Å². The maximum atomic E-state index is 14.0. The smallest absolute Gasteiger partial charge is 0.236 e. The summed E-state index contributed by atoms with van der Waals surface area (Å²) in [5.41, 5.74) is 1.43. The number of rotatable bonds is 8. The molecule has 2 rings (SSSR count). The molecule has 0 saturated heterocycles. The molecule has 0 radical (unpaired) electrons. The van der Waals surface area contributed by atoms with E-state index in [1.807, 2.05) is 37.3 Å². The Bertz CT molecular complexity index is 730. The Morgan fingerprint density at radius 2 is 1.92 bits per heavy atom. The van der Waals surface area contributed by atoms with Gasteiger partial charge in [-0.2, -0.15) is 4.39 Å². The molecule has 1 aromatic carbocycles. The minimum Gasteiger partial charge on any atom is -0.363 e. The standard InChI is InChI=1S/C19H23FN2O3/c1-5-6-12-25-14-19(23-3,24-4)17-13-18(20)21-22(17)15(2)16-10-8-7-9-11-16/h7-11,13,15H,12,14H2,1-4H3/t15-/m1/s1. The molecule has 0 amide bonds. The van der Waals surface area contributed by atoms with E-state index in [4.69, 9.17) is 14.2 Å². The summed E-state index contributed by atoms with van der Waals surface area (Å²) in [6, 6.07) is 10.8. The van der Waals surface area contributed by atoms with Crippen molar-refractivity contribution in [1.29, 1.82) is 0 Å². The van der Waals surface area contributed by atoms with Crippen LogP contribution in [-0.4, -0.2) is 37.2 Å². The molecule has 25 heavy (non-hydrogen) atoms. The lowest BCUT2D eigenvalue weighted by Gasteiger charge is -2.32. The average molecular weight is 346 g/mol. The lowest BCUT2D eigenvalue weighted by atomic mass is 10.1. The quantitative estimate of drug-likeness (QED) is 0.419. The van der Waals surface area contributed by atoms with E-state index >= 15 is 0 Å². The number of hydrogen-bond acceptors (Lipinski definition) is 4. The topological polar surface area (TPSA) is 45.5 Å². The van der Waals surface area contributed by atoms with Crippen molar-refractivity contribution < 1.29 is 18.6 Å². The Morgan fingerprint density at radius 3 is 2.52 bits per heavy atom. The first-order chi connectivity index (χ1) is 12.1. The van der Waals surface area contributed by atoms with Gasteiger partial charge in [-0.3, -0.25) is 4.68 Å². The van der Waals surface area contributed by atoms with E-state index in [9.17, 15) is 4.39 Å². The Labute approximate surface area is 147 Å². The van der Waals surface area contributed by atoms with Crippen LogP contribution in [0.4, 0.5) is 4.39 Å². The highest BCUT2D eigenvalue weighted by atomic mass is 19.1. The summed E-state index contributed by atoms with van der Waals surface area (Å²) in [5.74, 6) is 3.67. The summed E-state index contributed by atoms with van der Waals surface area (Å²) in [4.78, 5) is 0. The second kappa shape index (κ2) is 8.77. The molecule has 1 atom stereocenters. The van der Waals surface area contributed by atoms with Crippen LogP contribution in [0.15, 0.2) is 36.4 Å². The van der Waals surface area contributed by atoms with Crippen molar-refractivity contribution in [2.75, 3.05) is 27.4 Å². The number of ether oxygens (including phenoxy) is 3. The average Bonchev–Trinajstić information content (AvgIpc) is 3.05. The number of halogens is 1. The minimum absolute atomic E-state index is 0.0569. The lowest BCUT2D eigenvalue weighted by Crippen LogP contribution is -2.39. The van der Waals surface area contributed by atoms with Gasteiger partial charge >= 0.3 is 0 Å². The molecule has 0 aliphatic carbocycles. The molecule has 6 heteroatoms. The summed E-state index contributed by atoms with van der Waals surface area (Å²) in [6.07, 6.45) is 0. The number of hydrogen-bond donors (Lipinski definition) is 0. The van der Waals surface area contributed by atoms with E-state index in [1.165, 1.54) is 20.3 Å². The molecule has 2 aromatic rings. The normalized spacial score (nSPS) is 12.5. The van der Waals surface area contributed by atoms with Crippen LogP contribution in [0.2, 0.25) is 0 Å². The summed E-state index contributed by atoms with van der Waals surface area (Å²) in [7, 11) is 2.97. The second-order valence-corrected chi connectivity index (χ2v) is 5.46. The molecule has 0 bridgehead atoms. The van der Waals surface area contributed by atoms with Crippen LogP contribution in [0.1, 0.15) is 31.1 Å². The number of methoxy groups -OCH3 is 2. The van der Waals surface area contributed by atoms with Gasteiger partial charge in [-0.1, -0.05) is 36.3 Å². The van der Waals surface area contributed by atoms with E-state index in [1.54, 1.807) is 11.6 Å². The Balaban J connectivity index is 2.39. The molecular weight excluding hydrogens is 323 g/mol. The first kappa shape index (κ1) is 19.1. The zero-order valence-electron chi connectivity index (χ0n) is 15.0. The molecule has 0 aliphatic heterocycles. The molecule has 0 spiro atoms. The molecule has 0 N–H and O–H groups in total. The van der Waals surface area contributed by atoms with E-state index in [0.29, 0.717) is 5.69 Å². The lowest BCUT2D eigenvalue weighted by molar-refractivity contribution is -0.246. The van der Waals surface area contributed by atoms with Crippen molar-refractivity contribution in [2.24, 2.45) is 0 Å². The SMILES string of the molecule is CC#CCOCC(OC)(OC)c1cc(F)nn1[C@H](C)c1ccccc1. The van der Waals surface area contributed by atoms with Crippen molar-refractivity contribution in [2.45, 2.75) is 25.7 Å². The van der Waals surface area contributed by atoms with Crippen molar-refractivity contribution in [3.63, 3.8) is 0 Å². The molecule has 0 fully saturated rings. The van der Waals surface area contributed by atoms with Crippen LogP contribution in [-0.2, 0) is 20.0 Å². The van der Waals surface area contributed by atoms with E-state index in [-0.39, 0.29) is 19.3 Å². The summed E-state index contributed by atoms with van der Waals surface area (Å²) >= 11 is 0. The van der Waals surface area contributed by atoms with Crippen molar-refractivity contribution in [3.05, 3.63) is 53.6 Å². The Morgan fingerprint density at radius 1 is 1.24 bits per heavy atom. The maximum Gasteiger partial charge on any atom is 0.236 e. The first-order valence-corrected chi connectivity index (χ1v) is 7.96. The Hall–Kier alpha value is -2.20. The molecule has 134 valence electrons. The summed E-state index contributed by atoms with van der Waals surface area (Å²) < 4.78 is 32.2. The van der Waals surface area contributed by atoms with Gasteiger partial charge in [-0.25, -0.2) is 0 Å². The Kier molecular flexibility index (Phi) is 6.71. The van der Waals surface area contributed by atoms with Gasteiger partial charge in [0.1, 0.15) is 18.9 Å². The summed E-state index contributed by atoms with van der Waals surface area (Å²) in [5, 5.41) is 4.00. The zero-order valence-corrected chi connectivity index (χ0v) is 15.0. The highest BCUT2D eigenvalue weighted by Gasteiger charge is 2.38. The predicted molar refractivity (Wildman–Crippen MR) is 92.4 cm³/mol. The summed E-state index contributed by atoms with van der Waals surface area (Å²) in [6.45, 7) is 3.96. The van der Waals surface area contributed by atoms with Crippen LogP contribution >= 0.6 is 0 Å². The predicted octanol–water partition coefficient (Wildman–Crippen LogP) is 3.12. The van der Waals surface area contributed by atoms with Gasteiger partial charge in [0, 0.05) is 20.3 Å². The van der Waals surface area contributed by atoms with Crippen LogP contribution < -0.4 is 0 Å². The van der Waals surface area contributed by atoms with Crippen molar-refractivity contribution >= 4 is 0 Å². The fraction of sp³-hybridized carbons (Fsp3) is 0.421. The number of nitrogens with zero attached hydrogens (tertiary/aromatic N) is 2. The van der Waals surface area contributed by atoms with Crippen molar-refractivity contribution in [1.82, 2.24) is 9.78 Å². The van der Waals surface area contributed by atoms with Crippen LogP contribution in [0.3, 0.4) is 0 Å². The molecule has 5 nitrogen and oxygen atoms in total. The number of aromatic nitrogens is 2. The molecular formula is C19H23FN2O3. The maximum absolute atomic E-state index is 14.0. The fourth-order valence-corrected chi connectivity index (χ4v) is 2.61. The van der Waals surface area contributed by atoms with Gasteiger partial charge in [0.25, 0.3) is 0 Å². The van der Waals surface area contributed by atoms with Crippen molar-refractivity contribution in [3.8, 4) is 11.8 Å². The highest BCUT2D eigenvalue weighted by molar-refractivity contribution is 5.22. The van der Waals surface area contributed by atoms with Gasteiger partial charge < -0.3 is 14.2 Å². The number of benzene rings is 1. The molecule has 0 aliphatic rings. The highest BCUT2D eigenvalue weighted by Crippen LogP contribution is 2.31. The van der Waals surface area contributed by atoms with Gasteiger partial charge in [0.05, 0.1) is 6.04 Å². The molecule has 0 unspecified atom stereocenters. The van der Waals surface area contributed by atoms with Gasteiger partial charge in [-0.05, 0) is 19.4 Å².